The molecule has 0 aliphatic carbocycles. The molecule has 0 atom stereocenters. The maximum absolute atomic E-state index is 13.5. The number of anilines is 2. The molecule has 0 bridgehead atoms. The van der Waals surface area contributed by atoms with Gasteiger partial charge in [0.05, 0.1) is 6.54 Å². The Balaban J connectivity index is 1.53. The van der Waals surface area contributed by atoms with Crippen LogP contribution in [0.2, 0.25) is 0 Å². The van der Waals surface area contributed by atoms with Crippen molar-refractivity contribution >= 4 is 17.4 Å². The number of likely N-dealkylation sites (N-methyl/N-ethyl adjacent to an activating group) is 1. The molecule has 1 heterocycles. The van der Waals surface area contributed by atoms with Crippen LogP contribution in [0.5, 0.6) is 5.75 Å². The summed E-state index contributed by atoms with van der Waals surface area (Å²) in [5, 5.41) is 10.8. The lowest BCUT2D eigenvalue weighted by molar-refractivity contribution is 0.102. The highest BCUT2D eigenvalue weighted by Crippen LogP contribution is 2.15. The van der Waals surface area contributed by atoms with E-state index in [9.17, 15) is 9.18 Å². The van der Waals surface area contributed by atoms with Crippen molar-refractivity contribution in [1.29, 1.82) is 0 Å². The average Bonchev–Trinajstić information content (AvgIpc) is 2.70. The van der Waals surface area contributed by atoms with Crippen LogP contribution in [-0.2, 0) is 0 Å². The number of carbonyl (C=O) groups excluding carboxylic acids is 1. The van der Waals surface area contributed by atoms with Crippen molar-refractivity contribution in [2.45, 2.75) is 0 Å². The van der Waals surface area contributed by atoms with E-state index in [-0.39, 0.29) is 24.0 Å². The Labute approximate surface area is 156 Å². The summed E-state index contributed by atoms with van der Waals surface area (Å²) in [5.74, 6) is 0.0767. The number of carbonyl (C=O) groups is 1. The lowest BCUT2D eigenvalue weighted by Crippen LogP contribution is -2.25. The van der Waals surface area contributed by atoms with Gasteiger partial charge >= 0.3 is 0 Å². The lowest BCUT2D eigenvalue weighted by atomic mass is 10.3. The van der Waals surface area contributed by atoms with Crippen LogP contribution < -0.4 is 15.0 Å². The number of nitrogens with one attached hydrogen (secondary N) is 1. The number of hydrogen-bond acceptors (Lipinski definition) is 5. The summed E-state index contributed by atoms with van der Waals surface area (Å²) in [6.07, 6.45) is 0. The first-order valence-corrected chi connectivity index (χ1v) is 8.42. The first-order chi connectivity index (χ1) is 13.1. The Morgan fingerprint density at radius 2 is 1.78 bits per heavy atom. The number of amides is 1. The van der Waals surface area contributed by atoms with Crippen LogP contribution in [0.25, 0.3) is 0 Å². The highest BCUT2D eigenvalue weighted by molar-refractivity contribution is 6.02. The molecule has 1 aromatic heterocycles. The normalized spacial score (nSPS) is 10.3. The highest BCUT2D eigenvalue weighted by atomic mass is 19.1. The Hall–Kier alpha value is -3.48. The Morgan fingerprint density at radius 3 is 2.48 bits per heavy atom. The fourth-order valence-corrected chi connectivity index (χ4v) is 2.34. The summed E-state index contributed by atoms with van der Waals surface area (Å²) in [7, 11) is 1.82. The van der Waals surface area contributed by atoms with E-state index in [1.807, 2.05) is 30.1 Å². The molecule has 2 aromatic carbocycles. The van der Waals surface area contributed by atoms with E-state index >= 15 is 0 Å². The second-order valence-corrected chi connectivity index (χ2v) is 5.80. The van der Waals surface area contributed by atoms with Crippen LogP contribution >= 0.6 is 0 Å². The fraction of sp³-hybridized carbons (Fsp3) is 0.150. The average molecular weight is 366 g/mol. The molecule has 0 saturated carbocycles. The summed E-state index contributed by atoms with van der Waals surface area (Å²) < 4.78 is 18.9. The van der Waals surface area contributed by atoms with E-state index in [1.165, 1.54) is 6.07 Å². The summed E-state index contributed by atoms with van der Waals surface area (Å²) >= 11 is 0. The molecule has 138 valence electrons. The molecule has 0 spiro atoms. The zero-order valence-electron chi connectivity index (χ0n) is 14.8. The van der Waals surface area contributed by atoms with Crippen molar-refractivity contribution in [1.82, 2.24) is 10.2 Å². The van der Waals surface area contributed by atoms with Gasteiger partial charge in [0.15, 0.2) is 23.1 Å². The second-order valence-electron chi connectivity index (χ2n) is 5.80. The van der Waals surface area contributed by atoms with Gasteiger partial charge < -0.3 is 15.0 Å². The Morgan fingerprint density at radius 1 is 1.04 bits per heavy atom. The number of para-hydroxylation sites is 2. The molecule has 27 heavy (non-hydrogen) atoms. The van der Waals surface area contributed by atoms with Crippen LogP contribution in [0.3, 0.4) is 0 Å². The standard InChI is InChI=1S/C20H19FN4O2/c1-25(13-14-27-18-10-6-5-9-16(18)21)19-12-11-17(23-24-19)20(26)22-15-7-3-2-4-8-15/h2-12H,13-14H2,1H3,(H,22,26). The van der Waals surface area contributed by atoms with Gasteiger partial charge in [0, 0.05) is 12.7 Å². The molecule has 0 saturated heterocycles. The predicted octanol–water partition coefficient (Wildman–Crippen LogP) is 3.38. The molecule has 0 radical (unpaired) electrons. The smallest absolute Gasteiger partial charge is 0.276 e. The summed E-state index contributed by atoms with van der Waals surface area (Å²) in [6, 6.07) is 18.7. The summed E-state index contributed by atoms with van der Waals surface area (Å²) in [4.78, 5) is 14.0. The van der Waals surface area contributed by atoms with Crippen LogP contribution in [0, 0.1) is 5.82 Å². The molecule has 1 amide bonds. The monoisotopic (exact) mass is 366 g/mol. The van der Waals surface area contributed by atoms with E-state index in [4.69, 9.17) is 4.74 Å². The van der Waals surface area contributed by atoms with Crippen molar-refractivity contribution in [3.8, 4) is 5.75 Å². The molecule has 3 aromatic rings. The number of nitrogens with zero attached hydrogens (tertiary/aromatic N) is 3. The molecule has 0 aliphatic heterocycles. The van der Waals surface area contributed by atoms with E-state index in [0.29, 0.717) is 18.1 Å². The molecule has 3 rings (SSSR count). The van der Waals surface area contributed by atoms with Crippen molar-refractivity contribution in [2.24, 2.45) is 0 Å². The number of ether oxygens (including phenoxy) is 1. The van der Waals surface area contributed by atoms with E-state index in [2.05, 4.69) is 15.5 Å². The molecule has 1 N–H and O–H groups in total. The molecular formula is C20H19FN4O2. The van der Waals surface area contributed by atoms with Gasteiger partial charge in [-0.25, -0.2) is 4.39 Å². The van der Waals surface area contributed by atoms with Crippen molar-refractivity contribution in [3.63, 3.8) is 0 Å². The topological polar surface area (TPSA) is 67.3 Å². The first-order valence-electron chi connectivity index (χ1n) is 8.42. The van der Waals surface area contributed by atoms with Crippen molar-refractivity contribution in [2.75, 3.05) is 30.4 Å². The van der Waals surface area contributed by atoms with Gasteiger partial charge in [0.2, 0.25) is 0 Å². The predicted molar refractivity (Wildman–Crippen MR) is 102 cm³/mol. The minimum Gasteiger partial charge on any atom is -0.489 e. The van der Waals surface area contributed by atoms with Crippen LogP contribution in [0.15, 0.2) is 66.7 Å². The number of halogens is 1. The molecule has 0 aliphatic rings. The maximum atomic E-state index is 13.5. The Kier molecular flexibility index (Phi) is 5.94. The first kappa shape index (κ1) is 18.3. The number of rotatable bonds is 7. The third kappa shape index (κ3) is 5.01. The molecule has 7 heteroatoms. The zero-order chi connectivity index (χ0) is 19.1. The largest absolute Gasteiger partial charge is 0.489 e. The number of hydrogen-bond donors (Lipinski definition) is 1. The SMILES string of the molecule is CN(CCOc1ccccc1F)c1ccc(C(=O)Nc2ccccc2)nn1. The number of aromatic nitrogens is 2. The third-order valence-electron chi connectivity index (χ3n) is 3.83. The van der Waals surface area contributed by atoms with Gasteiger partial charge in [-0.3, -0.25) is 4.79 Å². The van der Waals surface area contributed by atoms with Gasteiger partial charge in [0.1, 0.15) is 6.61 Å². The van der Waals surface area contributed by atoms with Crippen LogP contribution in [-0.4, -0.2) is 36.3 Å². The maximum Gasteiger partial charge on any atom is 0.276 e. The van der Waals surface area contributed by atoms with Crippen molar-refractivity contribution < 1.29 is 13.9 Å². The van der Waals surface area contributed by atoms with E-state index in [1.54, 1.807) is 42.5 Å². The van der Waals surface area contributed by atoms with Gasteiger partial charge in [-0.15, -0.1) is 10.2 Å². The quantitative estimate of drug-likeness (QED) is 0.694. The van der Waals surface area contributed by atoms with Gasteiger partial charge in [-0.1, -0.05) is 30.3 Å². The molecular weight excluding hydrogens is 347 g/mol. The Bertz CT molecular complexity index is 888. The zero-order valence-corrected chi connectivity index (χ0v) is 14.8. The minimum absolute atomic E-state index is 0.213. The molecule has 6 nitrogen and oxygen atoms in total. The van der Waals surface area contributed by atoms with Crippen LogP contribution in [0.1, 0.15) is 10.5 Å². The molecule has 0 unspecified atom stereocenters. The highest BCUT2D eigenvalue weighted by Gasteiger charge is 2.10. The van der Waals surface area contributed by atoms with Crippen molar-refractivity contribution in [3.05, 3.63) is 78.2 Å². The number of benzene rings is 2. The third-order valence-corrected chi connectivity index (χ3v) is 3.83. The van der Waals surface area contributed by atoms with Gasteiger partial charge in [0.25, 0.3) is 5.91 Å². The second kappa shape index (κ2) is 8.75. The lowest BCUT2D eigenvalue weighted by Gasteiger charge is -2.18. The van der Waals surface area contributed by atoms with Gasteiger partial charge in [-0.05, 0) is 36.4 Å². The van der Waals surface area contributed by atoms with E-state index in [0.717, 1.165) is 0 Å². The van der Waals surface area contributed by atoms with Crippen LogP contribution in [0.4, 0.5) is 15.9 Å². The summed E-state index contributed by atoms with van der Waals surface area (Å²) in [6.45, 7) is 0.772. The minimum atomic E-state index is -0.395. The van der Waals surface area contributed by atoms with E-state index < -0.39 is 5.82 Å². The molecule has 0 fully saturated rings. The fourth-order valence-electron chi connectivity index (χ4n) is 2.34. The van der Waals surface area contributed by atoms with Gasteiger partial charge in [-0.2, -0.15) is 0 Å². The summed E-state index contributed by atoms with van der Waals surface area (Å²) in [5.41, 5.74) is 0.911.